The van der Waals surface area contributed by atoms with Crippen molar-refractivity contribution in [2.75, 3.05) is 13.1 Å². The van der Waals surface area contributed by atoms with Crippen LogP contribution in [0.3, 0.4) is 0 Å². The number of hydrogen-bond donors (Lipinski definition) is 1. The minimum Gasteiger partial charge on any atom is -0.337 e. The molecule has 3 aromatic rings. The molecule has 1 saturated heterocycles. The van der Waals surface area contributed by atoms with Gasteiger partial charge in [-0.15, -0.1) is 11.3 Å². The number of fused-ring (bicyclic) bond motifs is 1. The molecular formula is C16H15ClN4OS. The zero-order chi connectivity index (χ0) is 15.8. The molecule has 1 aliphatic heterocycles. The Morgan fingerprint density at radius 1 is 1.39 bits per heavy atom. The van der Waals surface area contributed by atoms with Crippen molar-refractivity contribution in [2.45, 2.75) is 18.8 Å². The highest BCUT2D eigenvalue weighted by molar-refractivity contribution is 7.21. The van der Waals surface area contributed by atoms with Crippen LogP contribution in [0, 0.1) is 0 Å². The van der Waals surface area contributed by atoms with E-state index in [1.807, 2.05) is 29.2 Å². The van der Waals surface area contributed by atoms with Crippen molar-refractivity contribution in [3.63, 3.8) is 0 Å². The van der Waals surface area contributed by atoms with E-state index in [4.69, 9.17) is 11.6 Å². The van der Waals surface area contributed by atoms with Crippen LogP contribution in [0.15, 0.2) is 30.6 Å². The average Bonchev–Trinajstić information content (AvgIpc) is 3.23. The van der Waals surface area contributed by atoms with Crippen LogP contribution >= 0.6 is 22.9 Å². The van der Waals surface area contributed by atoms with Crippen LogP contribution < -0.4 is 0 Å². The summed E-state index contributed by atoms with van der Waals surface area (Å²) in [5, 5.41) is 8.34. The Morgan fingerprint density at radius 2 is 2.26 bits per heavy atom. The summed E-state index contributed by atoms with van der Waals surface area (Å²) in [5.41, 5.74) is 0. The third-order valence-corrected chi connectivity index (χ3v) is 5.92. The highest BCUT2D eigenvalue weighted by Gasteiger charge is 2.29. The van der Waals surface area contributed by atoms with Gasteiger partial charge >= 0.3 is 0 Å². The number of amides is 1. The number of rotatable bonds is 2. The van der Waals surface area contributed by atoms with E-state index in [1.165, 1.54) is 17.7 Å². The van der Waals surface area contributed by atoms with Crippen LogP contribution in [0.25, 0.3) is 10.1 Å². The van der Waals surface area contributed by atoms with E-state index in [0.29, 0.717) is 16.4 Å². The van der Waals surface area contributed by atoms with Gasteiger partial charge in [-0.1, -0.05) is 29.8 Å². The fraction of sp³-hybridized carbons (Fsp3) is 0.312. The minimum atomic E-state index is 0.0143. The van der Waals surface area contributed by atoms with E-state index in [-0.39, 0.29) is 11.8 Å². The maximum atomic E-state index is 12.9. The summed E-state index contributed by atoms with van der Waals surface area (Å²) in [6, 6.07) is 7.86. The van der Waals surface area contributed by atoms with E-state index in [1.54, 1.807) is 0 Å². The maximum Gasteiger partial charge on any atom is 0.265 e. The summed E-state index contributed by atoms with van der Waals surface area (Å²) in [5.74, 6) is 1.08. The lowest BCUT2D eigenvalue weighted by atomic mass is 9.97. The largest absolute Gasteiger partial charge is 0.337 e. The van der Waals surface area contributed by atoms with Gasteiger partial charge in [0.15, 0.2) is 0 Å². The number of halogens is 1. The van der Waals surface area contributed by atoms with Crippen LogP contribution in [0.1, 0.15) is 34.3 Å². The summed E-state index contributed by atoms with van der Waals surface area (Å²) in [7, 11) is 0. The number of H-pyrrole nitrogens is 1. The van der Waals surface area contributed by atoms with Gasteiger partial charge in [0.05, 0.1) is 5.02 Å². The first-order chi connectivity index (χ1) is 11.2. The molecule has 23 heavy (non-hydrogen) atoms. The molecule has 1 N–H and O–H groups in total. The Labute approximate surface area is 142 Å². The van der Waals surface area contributed by atoms with Crippen molar-refractivity contribution in [3.8, 4) is 0 Å². The number of nitrogens with one attached hydrogen (secondary N) is 1. The van der Waals surface area contributed by atoms with E-state index in [0.717, 1.165) is 35.3 Å². The smallest absolute Gasteiger partial charge is 0.265 e. The number of hydrogen-bond acceptors (Lipinski definition) is 4. The van der Waals surface area contributed by atoms with E-state index in [9.17, 15) is 4.79 Å². The molecule has 0 saturated carbocycles. The average molecular weight is 347 g/mol. The molecular weight excluding hydrogens is 332 g/mol. The van der Waals surface area contributed by atoms with Crippen molar-refractivity contribution < 1.29 is 4.79 Å². The number of thiophene rings is 1. The number of nitrogens with zero attached hydrogens (tertiary/aromatic N) is 3. The molecule has 0 unspecified atom stereocenters. The molecule has 1 fully saturated rings. The van der Waals surface area contributed by atoms with Gasteiger partial charge in [-0.3, -0.25) is 9.89 Å². The van der Waals surface area contributed by atoms with E-state index >= 15 is 0 Å². The molecule has 0 spiro atoms. The molecule has 0 radical (unpaired) electrons. The summed E-state index contributed by atoms with van der Waals surface area (Å²) in [4.78, 5) is 19.7. The van der Waals surface area contributed by atoms with Gasteiger partial charge in [-0.25, -0.2) is 4.98 Å². The SMILES string of the molecule is O=C(c1sc2ccccc2c1Cl)N1CCC[C@H](c2ncn[nH]2)C1. The van der Waals surface area contributed by atoms with Gasteiger partial charge in [0, 0.05) is 29.1 Å². The molecule has 1 aliphatic rings. The third kappa shape index (κ3) is 2.62. The Bertz CT molecular complexity index is 845. The molecule has 4 rings (SSSR count). The Hall–Kier alpha value is -1.92. The number of aromatic amines is 1. The molecule has 118 valence electrons. The molecule has 0 bridgehead atoms. The number of carbonyl (C=O) groups excluding carboxylic acids is 1. The number of aromatic nitrogens is 3. The van der Waals surface area contributed by atoms with Crippen LogP contribution in [0.4, 0.5) is 0 Å². The highest BCUT2D eigenvalue weighted by Crippen LogP contribution is 2.36. The topological polar surface area (TPSA) is 61.9 Å². The molecule has 1 aromatic carbocycles. The lowest BCUT2D eigenvalue weighted by molar-refractivity contribution is 0.0710. The molecule has 7 heteroatoms. The number of carbonyl (C=O) groups is 1. The summed E-state index contributed by atoms with van der Waals surface area (Å²) >= 11 is 7.91. The quantitative estimate of drug-likeness (QED) is 0.769. The van der Waals surface area contributed by atoms with Gasteiger partial charge in [0.2, 0.25) is 0 Å². The normalized spacial score (nSPS) is 18.5. The number of likely N-dealkylation sites (tertiary alicyclic amines) is 1. The monoisotopic (exact) mass is 346 g/mol. The molecule has 2 aromatic heterocycles. The Kier molecular flexibility index (Phi) is 3.79. The first-order valence-corrected chi connectivity index (χ1v) is 8.75. The van der Waals surface area contributed by atoms with Crippen molar-refractivity contribution >= 4 is 38.9 Å². The number of piperidine rings is 1. The molecule has 1 amide bonds. The van der Waals surface area contributed by atoms with Crippen molar-refractivity contribution in [1.82, 2.24) is 20.1 Å². The second-order valence-electron chi connectivity index (χ2n) is 5.70. The second-order valence-corrected chi connectivity index (χ2v) is 7.13. The van der Waals surface area contributed by atoms with E-state index < -0.39 is 0 Å². The van der Waals surface area contributed by atoms with Crippen LogP contribution in [0.2, 0.25) is 5.02 Å². The summed E-state index contributed by atoms with van der Waals surface area (Å²) < 4.78 is 1.05. The Morgan fingerprint density at radius 3 is 3.04 bits per heavy atom. The minimum absolute atomic E-state index is 0.0143. The lowest BCUT2D eigenvalue weighted by Gasteiger charge is -2.31. The molecule has 0 aliphatic carbocycles. The van der Waals surface area contributed by atoms with Crippen molar-refractivity contribution in [2.24, 2.45) is 0 Å². The van der Waals surface area contributed by atoms with Crippen LogP contribution in [0.5, 0.6) is 0 Å². The van der Waals surface area contributed by atoms with Crippen LogP contribution in [-0.2, 0) is 0 Å². The van der Waals surface area contributed by atoms with Crippen molar-refractivity contribution in [1.29, 1.82) is 0 Å². The lowest BCUT2D eigenvalue weighted by Crippen LogP contribution is -2.39. The molecule has 1 atom stereocenters. The zero-order valence-corrected chi connectivity index (χ0v) is 13.9. The van der Waals surface area contributed by atoms with Crippen LogP contribution in [-0.4, -0.2) is 39.1 Å². The van der Waals surface area contributed by atoms with Gasteiger partial charge in [0.1, 0.15) is 17.0 Å². The fourth-order valence-corrected chi connectivity index (χ4v) is 4.57. The summed E-state index contributed by atoms with van der Waals surface area (Å²) in [6.45, 7) is 1.41. The van der Waals surface area contributed by atoms with Gasteiger partial charge < -0.3 is 4.90 Å². The van der Waals surface area contributed by atoms with Gasteiger partial charge in [-0.05, 0) is 18.9 Å². The van der Waals surface area contributed by atoms with E-state index in [2.05, 4.69) is 15.2 Å². The predicted molar refractivity (Wildman–Crippen MR) is 91.1 cm³/mol. The van der Waals surface area contributed by atoms with Gasteiger partial charge in [-0.2, -0.15) is 5.10 Å². The Balaban J connectivity index is 1.61. The predicted octanol–water partition coefficient (Wildman–Crippen LogP) is 3.69. The first-order valence-electron chi connectivity index (χ1n) is 7.55. The fourth-order valence-electron chi connectivity index (χ4n) is 3.09. The maximum absolute atomic E-state index is 12.9. The van der Waals surface area contributed by atoms with Gasteiger partial charge in [0.25, 0.3) is 5.91 Å². The standard InChI is InChI=1S/C16H15ClN4OS/c17-13-11-5-1-2-6-12(11)23-14(13)16(22)21-7-3-4-10(8-21)15-18-9-19-20-15/h1-2,5-6,9-10H,3-4,7-8H2,(H,18,19,20)/t10-/m0/s1. The third-order valence-electron chi connectivity index (χ3n) is 4.26. The highest BCUT2D eigenvalue weighted by atomic mass is 35.5. The second kappa shape index (κ2) is 5.94. The molecule has 3 heterocycles. The number of benzene rings is 1. The first kappa shape index (κ1) is 14.7. The zero-order valence-electron chi connectivity index (χ0n) is 12.3. The summed E-state index contributed by atoms with van der Waals surface area (Å²) in [6.07, 6.45) is 3.48. The van der Waals surface area contributed by atoms with Crippen molar-refractivity contribution in [3.05, 3.63) is 46.3 Å². The molecule has 5 nitrogen and oxygen atoms in total.